The SMILES string of the molecule is c1ccc(-c2nc(-c3ccccc3-c3ccccc3)nc(-c3cccc4oc5ccc(-c6cccc(-c7ccc8c9ccccc9c9ccccc9c8c7)c6)cc5c34)n2)cc1. The minimum atomic E-state index is 0.587. The highest BCUT2D eigenvalue weighted by molar-refractivity contribution is 6.25. The van der Waals surface area contributed by atoms with E-state index < -0.39 is 0 Å². The van der Waals surface area contributed by atoms with E-state index in [1.165, 1.54) is 37.9 Å². The van der Waals surface area contributed by atoms with Crippen molar-refractivity contribution in [3.05, 3.63) is 212 Å². The van der Waals surface area contributed by atoms with Gasteiger partial charge in [-0.05, 0) is 96.0 Å². The molecule has 0 bridgehead atoms. The minimum absolute atomic E-state index is 0.587. The number of hydrogen-bond acceptors (Lipinski definition) is 4. The van der Waals surface area contributed by atoms with Crippen LogP contribution in [0.1, 0.15) is 0 Å². The van der Waals surface area contributed by atoms with Crippen molar-refractivity contribution in [2.75, 3.05) is 0 Å². The van der Waals surface area contributed by atoms with Gasteiger partial charge >= 0.3 is 0 Å². The van der Waals surface area contributed by atoms with Crippen molar-refractivity contribution >= 4 is 54.3 Å². The van der Waals surface area contributed by atoms with Crippen molar-refractivity contribution in [1.82, 2.24) is 15.0 Å². The molecule has 12 aromatic rings. The first-order valence-electron chi connectivity index (χ1n) is 20.6. The molecule has 0 fully saturated rings. The predicted molar refractivity (Wildman–Crippen MR) is 252 cm³/mol. The highest BCUT2D eigenvalue weighted by Gasteiger charge is 2.20. The van der Waals surface area contributed by atoms with E-state index in [2.05, 4.69) is 158 Å². The largest absolute Gasteiger partial charge is 0.456 e. The van der Waals surface area contributed by atoms with E-state index in [1.54, 1.807) is 0 Å². The number of fused-ring (bicyclic) bond motifs is 9. The molecule has 4 heteroatoms. The first kappa shape index (κ1) is 34.8. The second-order valence-corrected chi connectivity index (χ2v) is 15.5. The van der Waals surface area contributed by atoms with Gasteiger partial charge in [-0.3, -0.25) is 0 Å². The Kier molecular flexibility index (Phi) is 8.13. The average Bonchev–Trinajstić information content (AvgIpc) is 3.73. The third-order valence-corrected chi connectivity index (χ3v) is 11.9. The van der Waals surface area contributed by atoms with E-state index in [4.69, 9.17) is 19.4 Å². The van der Waals surface area contributed by atoms with Crippen LogP contribution < -0.4 is 0 Å². The summed E-state index contributed by atoms with van der Waals surface area (Å²) in [6, 6.07) is 74.6. The lowest BCUT2D eigenvalue weighted by molar-refractivity contribution is 0.669. The van der Waals surface area contributed by atoms with E-state index in [9.17, 15) is 0 Å². The lowest BCUT2D eigenvalue weighted by Gasteiger charge is -2.13. The molecule has 0 N–H and O–H groups in total. The van der Waals surface area contributed by atoms with Crippen molar-refractivity contribution in [3.8, 4) is 67.5 Å². The molecular weight excluding hydrogens is 743 g/mol. The maximum Gasteiger partial charge on any atom is 0.164 e. The third-order valence-electron chi connectivity index (χ3n) is 11.9. The van der Waals surface area contributed by atoms with Crippen molar-refractivity contribution in [2.24, 2.45) is 0 Å². The molecule has 4 nitrogen and oxygen atoms in total. The van der Waals surface area contributed by atoms with Gasteiger partial charge in [-0.1, -0.05) is 182 Å². The molecule has 0 atom stereocenters. The molecule has 10 aromatic carbocycles. The molecule has 0 spiro atoms. The van der Waals surface area contributed by atoms with Crippen molar-refractivity contribution in [1.29, 1.82) is 0 Å². The molecule has 2 aromatic heterocycles. The van der Waals surface area contributed by atoms with Crippen LogP contribution in [-0.2, 0) is 0 Å². The third kappa shape index (κ3) is 5.96. The van der Waals surface area contributed by atoms with Crippen molar-refractivity contribution in [2.45, 2.75) is 0 Å². The van der Waals surface area contributed by atoms with Gasteiger partial charge < -0.3 is 4.42 Å². The van der Waals surface area contributed by atoms with Gasteiger partial charge in [0.25, 0.3) is 0 Å². The van der Waals surface area contributed by atoms with Crippen LogP contribution in [-0.4, -0.2) is 15.0 Å². The lowest BCUT2D eigenvalue weighted by Crippen LogP contribution is -2.01. The topological polar surface area (TPSA) is 51.8 Å². The monoisotopic (exact) mass is 777 g/mol. The Balaban J connectivity index is 1.000. The van der Waals surface area contributed by atoms with E-state index in [1.807, 2.05) is 54.6 Å². The Morgan fingerprint density at radius 2 is 0.705 bits per heavy atom. The van der Waals surface area contributed by atoms with Gasteiger partial charge in [-0.2, -0.15) is 0 Å². The first-order chi connectivity index (χ1) is 30.2. The number of furan rings is 1. The summed E-state index contributed by atoms with van der Waals surface area (Å²) in [5, 5.41) is 9.61. The molecular formula is C57H35N3O. The van der Waals surface area contributed by atoms with Gasteiger partial charge in [0.05, 0.1) is 0 Å². The second-order valence-electron chi connectivity index (χ2n) is 15.5. The number of nitrogens with zero attached hydrogens (tertiary/aromatic N) is 3. The fourth-order valence-electron chi connectivity index (χ4n) is 9.04. The van der Waals surface area contributed by atoms with Crippen LogP contribution >= 0.6 is 0 Å². The molecule has 0 amide bonds. The summed E-state index contributed by atoms with van der Waals surface area (Å²) in [5.74, 6) is 1.81. The zero-order valence-corrected chi connectivity index (χ0v) is 33.0. The molecule has 0 aliphatic carbocycles. The molecule has 0 saturated carbocycles. The molecule has 0 saturated heterocycles. The summed E-state index contributed by atoms with van der Waals surface area (Å²) in [6.45, 7) is 0. The Morgan fingerprint density at radius 1 is 0.246 bits per heavy atom. The van der Waals surface area contributed by atoms with E-state index >= 15 is 0 Å². The molecule has 0 aliphatic heterocycles. The van der Waals surface area contributed by atoms with Crippen molar-refractivity contribution in [3.63, 3.8) is 0 Å². The fourth-order valence-corrected chi connectivity index (χ4v) is 9.04. The minimum Gasteiger partial charge on any atom is -0.456 e. The molecule has 0 radical (unpaired) electrons. The maximum atomic E-state index is 6.54. The second kappa shape index (κ2) is 14.3. The number of rotatable bonds is 6. The van der Waals surface area contributed by atoms with Gasteiger partial charge in [0.2, 0.25) is 0 Å². The molecule has 0 unspecified atom stereocenters. The van der Waals surface area contributed by atoms with E-state index in [0.29, 0.717) is 17.5 Å². The summed E-state index contributed by atoms with van der Waals surface area (Å²) in [7, 11) is 0. The van der Waals surface area contributed by atoms with E-state index in [0.717, 1.165) is 66.4 Å². The summed E-state index contributed by atoms with van der Waals surface area (Å²) in [5.41, 5.74) is 11.1. The van der Waals surface area contributed by atoms with Gasteiger partial charge in [0.1, 0.15) is 11.2 Å². The zero-order chi connectivity index (χ0) is 40.3. The van der Waals surface area contributed by atoms with Gasteiger partial charge in [0.15, 0.2) is 17.5 Å². The molecule has 61 heavy (non-hydrogen) atoms. The highest BCUT2D eigenvalue weighted by atomic mass is 16.3. The molecule has 12 rings (SSSR count). The zero-order valence-electron chi connectivity index (χ0n) is 33.0. The summed E-state index contributed by atoms with van der Waals surface area (Å²) >= 11 is 0. The van der Waals surface area contributed by atoms with Crippen molar-refractivity contribution < 1.29 is 4.42 Å². The summed E-state index contributed by atoms with van der Waals surface area (Å²) < 4.78 is 6.54. The lowest BCUT2D eigenvalue weighted by atomic mass is 9.91. The van der Waals surface area contributed by atoms with Gasteiger partial charge in [-0.25, -0.2) is 15.0 Å². The first-order valence-corrected chi connectivity index (χ1v) is 20.6. The fraction of sp³-hybridized carbons (Fsp3) is 0. The molecule has 2 heterocycles. The van der Waals surface area contributed by atoms with Gasteiger partial charge in [-0.15, -0.1) is 0 Å². The Hall–Kier alpha value is -8.21. The molecule has 284 valence electrons. The van der Waals surface area contributed by atoms with Crippen LogP contribution in [0.3, 0.4) is 0 Å². The van der Waals surface area contributed by atoms with Crippen LogP contribution in [0.5, 0.6) is 0 Å². The van der Waals surface area contributed by atoms with Gasteiger partial charge in [0, 0.05) is 27.5 Å². The quantitative estimate of drug-likeness (QED) is 0.158. The number of benzene rings is 10. The maximum absolute atomic E-state index is 6.54. The van der Waals surface area contributed by atoms with Crippen LogP contribution in [0.4, 0.5) is 0 Å². The van der Waals surface area contributed by atoms with Crippen LogP contribution in [0.15, 0.2) is 217 Å². The Bertz CT molecular complexity index is 3610. The Labute approximate surface area is 352 Å². The van der Waals surface area contributed by atoms with E-state index in [-0.39, 0.29) is 0 Å². The number of hydrogen-bond donors (Lipinski definition) is 0. The highest BCUT2D eigenvalue weighted by Crippen LogP contribution is 2.41. The standard InChI is InChI=1S/C57H35N3O/c1-3-15-36(16-4-1)42-21-7-12-26-48(42)56-58-55(37-17-5-2-6-18-37)59-57(60-56)49-27-14-28-53-54(49)51-35-41(30-32-52(51)61-53)39-20-13-19-38(33-39)40-29-31-47-45-24-9-8-22-43(45)44-23-10-11-25-46(44)50(47)34-40/h1-35H. The van der Waals surface area contributed by atoms with Crippen LogP contribution in [0, 0.1) is 0 Å². The molecule has 0 aliphatic rings. The van der Waals surface area contributed by atoms with Crippen LogP contribution in [0.2, 0.25) is 0 Å². The average molecular weight is 778 g/mol. The Morgan fingerprint density at radius 3 is 1.39 bits per heavy atom. The normalized spacial score (nSPS) is 11.6. The van der Waals surface area contributed by atoms with Crippen LogP contribution in [0.25, 0.3) is 122 Å². The summed E-state index contributed by atoms with van der Waals surface area (Å²) in [4.78, 5) is 15.5. The predicted octanol–water partition coefficient (Wildman–Crippen LogP) is 15.2. The summed E-state index contributed by atoms with van der Waals surface area (Å²) in [6.07, 6.45) is 0. The number of aromatic nitrogens is 3. The smallest absolute Gasteiger partial charge is 0.164 e.